The summed E-state index contributed by atoms with van der Waals surface area (Å²) in [5.74, 6) is -0.614. The van der Waals surface area contributed by atoms with E-state index in [1.807, 2.05) is 54.1 Å². The van der Waals surface area contributed by atoms with Crippen LogP contribution in [0, 0.1) is 11.7 Å². The van der Waals surface area contributed by atoms with Gasteiger partial charge in [0.1, 0.15) is 5.75 Å². The molecule has 0 radical (unpaired) electrons. The molecule has 0 aliphatic heterocycles. The maximum absolute atomic E-state index is 16.3. The van der Waals surface area contributed by atoms with Gasteiger partial charge in [-0.2, -0.15) is 0 Å². The van der Waals surface area contributed by atoms with Crippen molar-refractivity contribution >= 4 is 22.8 Å². The van der Waals surface area contributed by atoms with Gasteiger partial charge in [-0.05, 0) is 86.4 Å². The van der Waals surface area contributed by atoms with Crippen LogP contribution in [0.1, 0.15) is 93.0 Å². The number of ether oxygens (including phenoxy) is 2. The van der Waals surface area contributed by atoms with Crippen molar-refractivity contribution in [2.75, 3.05) is 7.11 Å². The van der Waals surface area contributed by atoms with Crippen molar-refractivity contribution in [1.29, 1.82) is 0 Å². The van der Waals surface area contributed by atoms with Gasteiger partial charge in [-0.1, -0.05) is 69.7 Å². The zero-order valence-electron chi connectivity index (χ0n) is 27.0. The van der Waals surface area contributed by atoms with Crippen molar-refractivity contribution in [1.82, 2.24) is 9.88 Å². The average Bonchev–Trinajstić information content (AvgIpc) is 3.32. The standard InChI is InChI=1S/C37H45FN2O4/c1-8-9-12-26-13-10-15-28(19-26)25(4)39-35(41)32-18-17-31-29(23-40(22-24(2)3)34(31)33(32)38)20-27-14-11-16-30(21-27)44-37(5,6)36(42)43-7/h10-11,13-19,21,23-25H,8-9,12,20,22H2,1-7H3,(H,39,41)/t25-/m0/s1. The largest absolute Gasteiger partial charge is 0.476 e. The molecule has 0 saturated carbocycles. The van der Waals surface area contributed by atoms with Crippen LogP contribution in [0.4, 0.5) is 4.39 Å². The average molecular weight is 601 g/mol. The Kier molecular flexibility index (Phi) is 10.5. The van der Waals surface area contributed by atoms with Gasteiger partial charge in [-0.15, -0.1) is 0 Å². The minimum Gasteiger partial charge on any atom is -0.476 e. The summed E-state index contributed by atoms with van der Waals surface area (Å²) in [6, 6.07) is 18.9. The predicted octanol–water partition coefficient (Wildman–Crippen LogP) is 8.19. The summed E-state index contributed by atoms with van der Waals surface area (Å²) >= 11 is 0. The first-order chi connectivity index (χ1) is 20.9. The molecule has 4 rings (SSSR count). The summed E-state index contributed by atoms with van der Waals surface area (Å²) in [6.45, 7) is 12.2. The second-order valence-electron chi connectivity index (χ2n) is 12.5. The number of esters is 1. The number of carbonyl (C=O) groups excluding carboxylic acids is 2. The topological polar surface area (TPSA) is 69.6 Å². The molecule has 0 spiro atoms. The van der Waals surface area contributed by atoms with Crippen molar-refractivity contribution in [3.05, 3.63) is 100 Å². The second kappa shape index (κ2) is 14.1. The third-order valence-corrected chi connectivity index (χ3v) is 7.83. The van der Waals surface area contributed by atoms with Crippen molar-refractivity contribution in [2.24, 2.45) is 5.92 Å². The van der Waals surface area contributed by atoms with Crippen LogP contribution in [-0.2, 0) is 28.9 Å². The molecule has 0 unspecified atom stereocenters. The molecule has 1 amide bonds. The van der Waals surface area contributed by atoms with Gasteiger partial charge >= 0.3 is 5.97 Å². The summed E-state index contributed by atoms with van der Waals surface area (Å²) in [5, 5.41) is 3.77. The number of aryl methyl sites for hydroxylation is 1. The first kappa shape index (κ1) is 32.8. The van der Waals surface area contributed by atoms with Crippen molar-refractivity contribution in [3.8, 4) is 5.75 Å². The van der Waals surface area contributed by atoms with Crippen molar-refractivity contribution < 1.29 is 23.5 Å². The lowest BCUT2D eigenvalue weighted by molar-refractivity contribution is -0.156. The second-order valence-corrected chi connectivity index (χ2v) is 12.5. The summed E-state index contributed by atoms with van der Waals surface area (Å²) in [4.78, 5) is 25.5. The van der Waals surface area contributed by atoms with Gasteiger partial charge in [-0.25, -0.2) is 9.18 Å². The summed E-state index contributed by atoms with van der Waals surface area (Å²) in [5.41, 5.74) is 3.44. The van der Waals surface area contributed by atoms with Crippen LogP contribution in [-0.4, -0.2) is 29.2 Å². The Bertz CT molecular complexity index is 1620. The lowest BCUT2D eigenvalue weighted by Gasteiger charge is -2.23. The molecule has 1 heterocycles. The van der Waals surface area contributed by atoms with Gasteiger partial charge in [0.25, 0.3) is 5.91 Å². The molecule has 0 aliphatic carbocycles. The fourth-order valence-electron chi connectivity index (χ4n) is 5.56. The van der Waals surface area contributed by atoms with Crippen molar-refractivity contribution in [3.63, 3.8) is 0 Å². The van der Waals surface area contributed by atoms with E-state index in [0.29, 0.717) is 24.2 Å². The third kappa shape index (κ3) is 7.68. The van der Waals surface area contributed by atoms with E-state index in [1.54, 1.807) is 26.0 Å². The zero-order chi connectivity index (χ0) is 32.0. The quantitative estimate of drug-likeness (QED) is 0.157. The van der Waals surface area contributed by atoms with Gasteiger partial charge in [0.15, 0.2) is 11.4 Å². The highest BCUT2D eigenvalue weighted by Gasteiger charge is 2.31. The maximum atomic E-state index is 16.3. The van der Waals surface area contributed by atoms with Crippen LogP contribution in [0.3, 0.4) is 0 Å². The fourth-order valence-corrected chi connectivity index (χ4v) is 5.56. The van der Waals surface area contributed by atoms with Crippen LogP contribution >= 0.6 is 0 Å². The molecule has 234 valence electrons. The summed E-state index contributed by atoms with van der Waals surface area (Å²) in [7, 11) is 1.33. The number of carbonyl (C=O) groups is 2. The molecule has 1 atom stereocenters. The monoisotopic (exact) mass is 600 g/mol. The van der Waals surface area contributed by atoms with Gasteiger partial charge in [-0.3, -0.25) is 4.79 Å². The number of nitrogens with one attached hydrogen (secondary N) is 1. The number of nitrogens with zero attached hydrogens (tertiary/aromatic N) is 1. The normalized spacial score (nSPS) is 12.4. The Morgan fingerprint density at radius 2 is 1.73 bits per heavy atom. The van der Waals surface area contributed by atoms with E-state index in [2.05, 4.69) is 38.2 Å². The number of rotatable bonds is 13. The molecule has 0 fully saturated rings. The van der Waals surface area contributed by atoms with Gasteiger partial charge < -0.3 is 19.4 Å². The van der Waals surface area contributed by atoms with Crippen LogP contribution in [0.5, 0.6) is 5.75 Å². The van der Waals surface area contributed by atoms with E-state index in [9.17, 15) is 9.59 Å². The molecule has 44 heavy (non-hydrogen) atoms. The summed E-state index contributed by atoms with van der Waals surface area (Å²) in [6.07, 6.45) is 5.73. The number of hydrogen-bond acceptors (Lipinski definition) is 4. The Morgan fingerprint density at radius 1 is 1.00 bits per heavy atom. The van der Waals surface area contributed by atoms with Crippen molar-refractivity contribution in [2.45, 2.75) is 85.4 Å². The van der Waals surface area contributed by atoms with E-state index >= 15 is 4.39 Å². The van der Waals surface area contributed by atoms with Gasteiger partial charge in [0.2, 0.25) is 0 Å². The number of unbranched alkanes of at least 4 members (excludes halogenated alkanes) is 1. The van der Waals surface area contributed by atoms with Crippen LogP contribution in [0.25, 0.3) is 10.9 Å². The number of halogens is 1. The number of aromatic nitrogens is 1. The predicted molar refractivity (Wildman–Crippen MR) is 174 cm³/mol. The Morgan fingerprint density at radius 3 is 2.43 bits per heavy atom. The number of fused-ring (bicyclic) bond motifs is 1. The highest BCUT2D eigenvalue weighted by atomic mass is 19.1. The van der Waals surface area contributed by atoms with E-state index < -0.39 is 23.3 Å². The number of benzene rings is 3. The Labute approximate surface area is 260 Å². The minimum absolute atomic E-state index is 0.0292. The fraction of sp³-hybridized carbons (Fsp3) is 0.405. The molecular weight excluding hydrogens is 555 g/mol. The first-order valence-electron chi connectivity index (χ1n) is 15.5. The minimum atomic E-state index is -1.14. The maximum Gasteiger partial charge on any atom is 0.349 e. The molecular formula is C37H45FN2O4. The molecule has 0 aliphatic rings. The Balaban J connectivity index is 1.62. The molecule has 4 aromatic rings. The van der Waals surface area contributed by atoms with E-state index in [4.69, 9.17) is 9.47 Å². The van der Waals surface area contributed by atoms with Gasteiger partial charge in [0.05, 0.1) is 24.2 Å². The first-order valence-corrected chi connectivity index (χ1v) is 15.5. The molecule has 0 bridgehead atoms. The summed E-state index contributed by atoms with van der Waals surface area (Å²) < 4.78 is 29.0. The van der Waals surface area contributed by atoms with Crippen LogP contribution < -0.4 is 10.1 Å². The van der Waals surface area contributed by atoms with Crippen LogP contribution in [0.2, 0.25) is 0 Å². The molecule has 3 aromatic carbocycles. The molecule has 1 aromatic heterocycles. The van der Waals surface area contributed by atoms with E-state index in [-0.39, 0.29) is 17.5 Å². The Hall–Kier alpha value is -4.13. The molecule has 7 heteroatoms. The van der Waals surface area contributed by atoms with E-state index in [0.717, 1.165) is 41.3 Å². The smallest absolute Gasteiger partial charge is 0.349 e. The SMILES string of the molecule is CCCCc1cccc([C@H](C)NC(=O)c2ccc3c(Cc4cccc(OC(C)(C)C(=O)OC)c4)cn(CC(C)C)c3c2F)c1. The van der Waals surface area contributed by atoms with Crippen LogP contribution in [0.15, 0.2) is 66.9 Å². The third-order valence-electron chi connectivity index (χ3n) is 7.83. The molecule has 1 N–H and O–H groups in total. The van der Waals surface area contributed by atoms with E-state index in [1.165, 1.54) is 12.7 Å². The number of methoxy groups -OCH3 is 1. The molecule has 0 saturated heterocycles. The lowest BCUT2D eigenvalue weighted by Crippen LogP contribution is -2.39. The highest BCUT2D eigenvalue weighted by molar-refractivity contribution is 5.99. The molecule has 6 nitrogen and oxygen atoms in total. The highest BCUT2D eigenvalue weighted by Crippen LogP contribution is 2.31. The zero-order valence-corrected chi connectivity index (χ0v) is 27.0. The van der Waals surface area contributed by atoms with Gasteiger partial charge in [0, 0.05) is 18.1 Å². The number of hydrogen-bond donors (Lipinski definition) is 1. The lowest BCUT2D eigenvalue weighted by atomic mass is 10.0. The number of amides is 1.